The van der Waals surface area contributed by atoms with Crippen LogP contribution in [0.4, 0.5) is 0 Å². The number of carbonyl (C=O) groups is 1. The second kappa shape index (κ2) is 11.6. The van der Waals surface area contributed by atoms with Crippen molar-refractivity contribution in [2.24, 2.45) is 29.6 Å². The molecule has 28 heavy (non-hydrogen) atoms. The SMILES string of the molecule is CCCCCC[C@H]1CCC2C(CCC3C[C@@H](OC(=O)CCCCC)CCC32)C1. The van der Waals surface area contributed by atoms with E-state index >= 15 is 0 Å². The maximum Gasteiger partial charge on any atom is 0.306 e. The Labute approximate surface area is 174 Å². The van der Waals surface area contributed by atoms with Gasteiger partial charge in [0.1, 0.15) is 6.10 Å². The van der Waals surface area contributed by atoms with Crippen LogP contribution in [-0.4, -0.2) is 12.1 Å². The van der Waals surface area contributed by atoms with Gasteiger partial charge in [-0.2, -0.15) is 0 Å². The van der Waals surface area contributed by atoms with Gasteiger partial charge in [0.05, 0.1) is 0 Å². The van der Waals surface area contributed by atoms with Gasteiger partial charge in [-0.05, 0) is 81.0 Å². The van der Waals surface area contributed by atoms with Crippen molar-refractivity contribution in [1.29, 1.82) is 0 Å². The first-order valence-corrected chi connectivity index (χ1v) is 12.9. The summed E-state index contributed by atoms with van der Waals surface area (Å²) in [4.78, 5) is 12.1. The molecule has 3 saturated carbocycles. The fourth-order valence-corrected chi connectivity index (χ4v) is 6.84. The van der Waals surface area contributed by atoms with Gasteiger partial charge in [0.2, 0.25) is 0 Å². The lowest BCUT2D eigenvalue weighted by Gasteiger charge is -2.50. The van der Waals surface area contributed by atoms with Crippen LogP contribution in [0.5, 0.6) is 0 Å². The number of fused-ring (bicyclic) bond motifs is 3. The molecule has 3 fully saturated rings. The van der Waals surface area contributed by atoms with E-state index in [1.54, 1.807) is 0 Å². The zero-order chi connectivity index (χ0) is 19.8. The number of ether oxygens (including phenoxy) is 1. The summed E-state index contributed by atoms with van der Waals surface area (Å²) >= 11 is 0. The molecule has 0 radical (unpaired) electrons. The van der Waals surface area contributed by atoms with Gasteiger partial charge in [-0.1, -0.05) is 65.2 Å². The first kappa shape index (κ1) is 22.2. The summed E-state index contributed by atoms with van der Waals surface area (Å²) in [6.45, 7) is 4.49. The van der Waals surface area contributed by atoms with Gasteiger partial charge >= 0.3 is 5.97 Å². The van der Waals surface area contributed by atoms with Crippen LogP contribution in [0.15, 0.2) is 0 Å². The Kier molecular flexibility index (Phi) is 9.18. The quantitative estimate of drug-likeness (QED) is 0.282. The molecule has 6 atom stereocenters. The molecule has 2 nitrogen and oxygen atoms in total. The van der Waals surface area contributed by atoms with Crippen molar-refractivity contribution in [3.63, 3.8) is 0 Å². The maximum absolute atomic E-state index is 12.1. The molecule has 0 N–H and O–H groups in total. The Bertz CT molecular complexity index is 459. The Balaban J connectivity index is 1.40. The normalized spacial score (nSPS) is 35.1. The second-order valence-corrected chi connectivity index (χ2v) is 10.3. The van der Waals surface area contributed by atoms with E-state index in [0.717, 1.165) is 55.3 Å². The lowest BCUT2D eigenvalue weighted by Crippen LogP contribution is -2.43. The van der Waals surface area contributed by atoms with Crippen molar-refractivity contribution >= 4 is 5.97 Å². The molecule has 0 spiro atoms. The monoisotopic (exact) mass is 390 g/mol. The van der Waals surface area contributed by atoms with Crippen LogP contribution in [0.25, 0.3) is 0 Å². The van der Waals surface area contributed by atoms with Crippen molar-refractivity contribution < 1.29 is 9.53 Å². The lowest BCUT2D eigenvalue weighted by molar-refractivity contribution is -0.153. The van der Waals surface area contributed by atoms with E-state index in [2.05, 4.69) is 13.8 Å². The molecule has 162 valence electrons. The minimum atomic E-state index is 0.0640. The summed E-state index contributed by atoms with van der Waals surface area (Å²) < 4.78 is 5.87. The molecule has 0 bridgehead atoms. The smallest absolute Gasteiger partial charge is 0.306 e. The van der Waals surface area contributed by atoms with Gasteiger partial charge < -0.3 is 4.74 Å². The van der Waals surface area contributed by atoms with E-state index in [4.69, 9.17) is 4.74 Å². The largest absolute Gasteiger partial charge is 0.462 e. The van der Waals surface area contributed by atoms with Crippen molar-refractivity contribution in [3.05, 3.63) is 0 Å². The first-order valence-electron chi connectivity index (χ1n) is 12.9. The predicted molar refractivity (Wildman–Crippen MR) is 117 cm³/mol. The van der Waals surface area contributed by atoms with Gasteiger partial charge in [0.25, 0.3) is 0 Å². The number of esters is 1. The van der Waals surface area contributed by atoms with Crippen LogP contribution in [0.3, 0.4) is 0 Å². The summed E-state index contributed by atoms with van der Waals surface area (Å²) in [7, 11) is 0. The number of hydrogen-bond donors (Lipinski definition) is 0. The third-order valence-corrected chi connectivity index (χ3v) is 8.35. The Morgan fingerprint density at radius 2 is 1.43 bits per heavy atom. The molecular formula is C26H46O2. The molecular weight excluding hydrogens is 344 g/mol. The molecule has 2 heteroatoms. The van der Waals surface area contributed by atoms with Crippen molar-refractivity contribution in [2.45, 2.75) is 129 Å². The molecule has 0 aromatic rings. The summed E-state index contributed by atoms with van der Waals surface area (Å²) in [5.74, 6) is 4.87. The highest BCUT2D eigenvalue weighted by Crippen LogP contribution is 2.53. The van der Waals surface area contributed by atoms with Crippen LogP contribution in [0.1, 0.15) is 123 Å². The second-order valence-electron chi connectivity index (χ2n) is 10.3. The van der Waals surface area contributed by atoms with Gasteiger partial charge in [-0.15, -0.1) is 0 Å². The van der Waals surface area contributed by atoms with E-state index in [-0.39, 0.29) is 12.1 Å². The topological polar surface area (TPSA) is 26.3 Å². The Morgan fingerprint density at radius 1 is 0.750 bits per heavy atom. The van der Waals surface area contributed by atoms with Gasteiger partial charge in [-0.3, -0.25) is 4.79 Å². The summed E-state index contributed by atoms with van der Waals surface area (Å²) in [6, 6.07) is 0. The summed E-state index contributed by atoms with van der Waals surface area (Å²) in [6.07, 6.45) is 22.3. The fraction of sp³-hybridized carbons (Fsp3) is 0.962. The molecule has 4 unspecified atom stereocenters. The fourth-order valence-electron chi connectivity index (χ4n) is 6.84. The molecule has 0 amide bonds. The molecule has 0 aromatic carbocycles. The molecule has 0 heterocycles. The number of unbranched alkanes of at least 4 members (excludes halogenated alkanes) is 5. The molecule has 3 rings (SSSR count). The lowest BCUT2D eigenvalue weighted by atomic mass is 9.56. The van der Waals surface area contributed by atoms with Crippen molar-refractivity contribution in [1.82, 2.24) is 0 Å². The summed E-state index contributed by atoms with van der Waals surface area (Å²) in [5.41, 5.74) is 0. The minimum absolute atomic E-state index is 0.0640. The summed E-state index contributed by atoms with van der Waals surface area (Å²) in [5, 5.41) is 0. The van der Waals surface area contributed by atoms with E-state index in [1.807, 2.05) is 0 Å². The Hall–Kier alpha value is -0.530. The van der Waals surface area contributed by atoms with Crippen LogP contribution < -0.4 is 0 Å². The number of hydrogen-bond acceptors (Lipinski definition) is 2. The van der Waals surface area contributed by atoms with E-state index in [0.29, 0.717) is 6.42 Å². The van der Waals surface area contributed by atoms with Crippen LogP contribution in [0.2, 0.25) is 0 Å². The molecule has 0 saturated heterocycles. The molecule has 0 aliphatic heterocycles. The number of rotatable bonds is 10. The standard InChI is InChI=1S/C26H46O2/c1-3-5-7-9-10-20-12-16-24-21(18-20)13-14-22-19-23(15-17-25(22)24)28-26(27)11-8-6-4-2/h20-25H,3-19H2,1-2H3/t20-,21?,22?,23-,24?,25?/m0/s1. The van der Waals surface area contributed by atoms with Gasteiger partial charge in [0.15, 0.2) is 0 Å². The van der Waals surface area contributed by atoms with E-state index < -0.39 is 0 Å². The average molecular weight is 391 g/mol. The highest BCUT2D eigenvalue weighted by atomic mass is 16.5. The van der Waals surface area contributed by atoms with Crippen LogP contribution in [0, 0.1) is 29.6 Å². The van der Waals surface area contributed by atoms with E-state index in [1.165, 1.54) is 77.0 Å². The third-order valence-electron chi connectivity index (χ3n) is 8.35. The van der Waals surface area contributed by atoms with Crippen molar-refractivity contribution in [2.75, 3.05) is 0 Å². The maximum atomic E-state index is 12.1. The van der Waals surface area contributed by atoms with E-state index in [9.17, 15) is 4.79 Å². The van der Waals surface area contributed by atoms with Gasteiger partial charge in [-0.25, -0.2) is 0 Å². The highest BCUT2D eigenvalue weighted by Gasteiger charge is 2.44. The van der Waals surface area contributed by atoms with Crippen molar-refractivity contribution in [3.8, 4) is 0 Å². The zero-order valence-electron chi connectivity index (χ0n) is 18.8. The highest BCUT2D eigenvalue weighted by molar-refractivity contribution is 5.69. The average Bonchev–Trinajstić information content (AvgIpc) is 2.71. The van der Waals surface area contributed by atoms with Gasteiger partial charge in [0, 0.05) is 6.42 Å². The molecule has 3 aliphatic carbocycles. The molecule has 3 aliphatic rings. The molecule has 0 aromatic heterocycles. The first-order chi connectivity index (χ1) is 13.7. The van der Waals surface area contributed by atoms with Crippen LogP contribution in [-0.2, 0) is 9.53 Å². The third kappa shape index (κ3) is 6.23. The van der Waals surface area contributed by atoms with Crippen LogP contribution >= 0.6 is 0 Å². The zero-order valence-corrected chi connectivity index (χ0v) is 18.8. The number of carbonyl (C=O) groups excluding carboxylic acids is 1. The minimum Gasteiger partial charge on any atom is -0.462 e. The predicted octanol–water partition coefficient (Wildman–Crippen LogP) is 7.69. The Morgan fingerprint density at radius 3 is 2.18 bits per heavy atom.